The van der Waals surface area contributed by atoms with Crippen molar-refractivity contribution in [2.75, 3.05) is 40.5 Å². The Morgan fingerprint density at radius 3 is 2.94 bits per heavy atom. The quantitative estimate of drug-likeness (QED) is 0.579. The maximum Gasteiger partial charge on any atom is 0.417 e. The maximum absolute atomic E-state index is 13.9. The maximum atomic E-state index is 13.9. The third kappa shape index (κ3) is 5.62. The van der Waals surface area contributed by atoms with Gasteiger partial charge in [-0.05, 0) is 37.3 Å². The average molecular weight is 499 g/mol. The molecule has 1 aromatic rings. The zero-order valence-corrected chi connectivity index (χ0v) is 20.1. The van der Waals surface area contributed by atoms with Gasteiger partial charge >= 0.3 is 6.18 Å². The first-order valence-electron chi connectivity index (χ1n) is 12.0. The van der Waals surface area contributed by atoms with Crippen molar-refractivity contribution < 1.29 is 32.2 Å². The molecule has 0 aromatic carbocycles. The molecule has 35 heavy (non-hydrogen) atoms. The summed E-state index contributed by atoms with van der Waals surface area (Å²) in [5.41, 5.74) is -0.586. The molecule has 2 fully saturated rings. The lowest BCUT2D eigenvalue weighted by molar-refractivity contribution is -0.144. The smallest absolute Gasteiger partial charge is 0.379 e. The molecule has 11 heteroatoms. The molecule has 8 nitrogen and oxygen atoms in total. The number of nitrogens with zero attached hydrogens (tertiary/aromatic N) is 3. The number of fused-ring (bicyclic) bond motifs is 1. The number of pyridine rings is 1. The Morgan fingerprint density at radius 2 is 2.23 bits per heavy atom. The molecule has 194 valence electrons. The summed E-state index contributed by atoms with van der Waals surface area (Å²) < 4.78 is 50.7. The molecule has 3 unspecified atom stereocenters. The second-order valence-electron chi connectivity index (χ2n) is 9.96. The molecule has 1 aliphatic carbocycles. The van der Waals surface area contributed by atoms with Crippen molar-refractivity contribution in [1.29, 1.82) is 0 Å². The largest absolute Gasteiger partial charge is 0.417 e. The van der Waals surface area contributed by atoms with E-state index in [1.165, 1.54) is 4.90 Å². The van der Waals surface area contributed by atoms with Gasteiger partial charge in [0.15, 0.2) is 0 Å². The highest BCUT2D eigenvalue weighted by atomic mass is 19.4. The van der Waals surface area contributed by atoms with Crippen LogP contribution in [0, 0.1) is 5.41 Å². The number of rotatable bonds is 7. The summed E-state index contributed by atoms with van der Waals surface area (Å²) in [5, 5.41) is 3.64. The molecule has 1 aromatic heterocycles. The van der Waals surface area contributed by atoms with Crippen molar-refractivity contribution >= 4 is 12.3 Å². The molecule has 3 heterocycles. The van der Waals surface area contributed by atoms with Gasteiger partial charge in [-0.25, -0.2) is 0 Å². The van der Waals surface area contributed by atoms with Crippen LogP contribution in [0.5, 0.6) is 0 Å². The number of carbonyl (C=O) groups excluding carboxylic acids is 2. The van der Waals surface area contributed by atoms with Gasteiger partial charge in [0.05, 0.1) is 23.7 Å². The monoisotopic (exact) mass is 498 g/mol. The fourth-order valence-corrected chi connectivity index (χ4v) is 5.72. The summed E-state index contributed by atoms with van der Waals surface area (Å²) in [6.07, 6.45) is 0.108. The van der Waals surface area contributed by atoms with Crippen molar-refractivity contribution in [2.24, 2.45) is 5.41 Å². The highest BCUT2D eigenvalue weighted by molar-refractivity contribution is 5.84. The fourth-order valence-electron chi connectivity index (χ4n) is 5.72. The van der Waals surface area contributed by atoms with Crippen LogP contribution in [0.4, 0.5) is 13.2 Å². The summed E-state index contributed by atoms with van der Waals surface area (Å²) in [6, 6.07) is 1.28. The average Bonchev–Trinajstić information content (AvgIpc) is 3.25. The predicted octanol–water partition coefficient (Wildman–Crippen LogP) is 2.01. The predicted molar refractivity (Wildman–Crippen MR) is 120 cm³/mol. The van der Waals surface area contributed by atoms with Crippen molar-refractivity contribution in [3.63, 3.8) is 0 Å². The van der Waals surface area contributed by atoms with Gasteiger partial charge in [0.2, 0.25) is 12.3 Å². The van der Waals surface area contributed by atoms with Gasteiger partial charge in [-0.2, -0.15) is 13.2 Å². The van der Waals surface area contributed by atoms with Crippen LogP contribution < -0.4 is 5.32 Å². The fraction of sp³-hybridized carbons (Fsp3) is 0.708. The van der Waals surface area contributed by atoms with Gasteiger partial charge in [0.1, 0.15) is 0 Å². The van der Waals surface area contributed by atoms with Crippen LogP contribution in [0.3, 0.4) is 0 Å². The molecule has 3 aliphatic rings. The van der Waals surface area contributed by atoms with Crippen LogP contribution in [0.1, 0.15) is 42.5 Å². The van der Waals surface area contributed by atoms with Crippen LogP contribution in [0.15, 0.2) is 12.3 Å². The number of amides is 2. The van der Waals surface area contributed by atoms with Crippen molar-refractivity contribution in [2.45, 2.75) is 63.0 Å². The number of carbonyl (C=O) groups is 2. The Balaban J connectivity index is 1.51. The Hall–Kier alpha value is -2.24. The normalized spacial score (nSPS) is 29.1. The van der Waals surface area contributed by atoms with Crippen LogP contribution in [-0.2, 0) is 38.2 Å². The Bertz CT molecular complexity index is 931. The first-order chi connectivity index (χ1) is 16.6. The second-order valence-corrected chi connectivity index (χ2v) is 9.96. The van der Waals surface area contributed by atoms with E-state index in [9.17, 15) is 22.8 Å². The first kappa shape index (κ1) is 25.8. The lowest BCUT2D eigenvalue weighted by atomic mass is 9.82. The molecule has 0 bridgehead atoms. The molecule has 4 atom stereocenters. The standard InChI is InChI=1S/C24H33F3N4O4/c1-30(15-32)14-23(6-3-18(10-23)29-20-5-8-35-13-21(20)34-2)22(33)31-7-4-19-16(12-31)9-17(11-28-19)24(25,26)27/h9,11,15,18,20-21,29H,3-8,10,12-14H2,1-2H3/t18?,20?,21?,23-/m0/s1. The highest BCUT2D eigenvalue weighted by Crippen LogP contribution is 2.42. The third-order valence-corrected chi connectivity index (χ3v) is 7.50. The minimum absolute atomic E-state index is 0.0651. The molecule has 0 spiro atoms. The summed E-state index contributed by atoms with van der Waals surface area (Å²) in [4.78, 5) is 32.5. The summed E-state index contributed by atoms with van der Waals surface area (Å²) >= 11 is 0. The highest BCUT2D eigenvalue weighted by Gasteiger charge is 2.49. The summed E-state index contributed by atoms with van der Waals surface area (Å²) in [7, 11) is 3.30. The van der Waals surface area contributed by atoms with E-state index in [1.807, 2.05) is 0 Å². The number of halogens is 3. The van der Waals surface area contributed by atoms with Gasteiger partial charge < -0.3 is 24.6 Å². The van der Waals surface area contributed by atoms with E-state index in [2.05, 4.69) is 10.3 Å². The first-order valence-corrected chi connectivity index (χ1v) is 12.0. The lowest BCUT2D eigenvalue weighted by Crippen LogP contribution is -2.52. The van der Waals surface area contributed by atoms with E-state index < -0.39 is 17.2 Å². The van der Waals surface area contributed by atoms with Crippen LogP contribution >= 0.6 is 0 Å². The van der Waals surface area contributed by atoms with Crippen LogP contribution in [-0.4, -0.2) is 85.7 Å². The van der Waals surface area contributed by atoms with Gasteiger partial charge in [-0.15, -0.1) is 0 Å². The molecular weight excluding hydrogens is 465 g/mol. The van der Waals surface area contributed by atoms with Gasteiger partial charge in [0.25, 0.3) is 0 Å². The number of aromatic nitrogens is 1. The number of methoxy groups -OCH3 is 1. The molecule has 1 N–H and O–H groups in total. The number of alkyl halides is 3. The number of hydrogen-bond donors (Lipinski definition) is 1. The van der Waals surface area contributed by atoms with Crippen LogP contribution in [0.25, 0.3) is 0 Å². The van der Waals surface area contributed by atoms with Gasteiger partial charge in [-0.3, -0.25) is 14.6 Å². The molecule has 0 radical (unpaired) electrons. The molecule has 1 saturated heterocycles. The van der Waals surface area contributed by atoms with Crippen molar-refractivity contribution in [3.8, 4) is 0 Å². The van der Waals surface area contributed by atoms with Crippen molar-refractivity contribution in [1.82, 2.24) is 20.1 Å². The molecule has 2 amide bonds. The van der Waals surface area contributed by atoms with E-state index in [0.29, 0.717) is 56.7 Å². The topological polar surface area (TPSA) is 84.0 Å². The van der Waals surface area contributed by atoms with Crippen LogP contribution in [0.2, 0.25) is 0 Å². The van der Waals surface area contributed by atoms with Crippen molar-refractivity contribution in [3.05, 3.63) is 29.1 Å². The molecule has 1 saturated carbocycles. The van der Waals surface area contributed by atoms with E-state index >= 15 is 0 Å². The SMILES string of the molecule is COC1COCCC1NC1CC[C@](CN(C)C=O)(C(=O)N2CCc3ncc(C(F)(F)F)cc3C2)C1. The minimum Gasteiger partial charge on any atom is -0.379 e. The zero-order chi connectivity index (χ0) is 25.2. The van der Waals surface area contributed by atoms with E-state index in [1.54, 1.807) is 19.1 Å². The number of hydrogen-bond acceptors (Lipinski definition) is 6. The number of nitrogens with one attached hydrogen (secondary N) is 1. The third-order valence-electron chi connectivity index (χ3n) is 7.50. The number of ether oxygens (including phenoxy) is 2. The lowest BCUT2D eigenvalue weighted by Gasteiger charge is -2.39. The summed E-state index contributed by atoms with van der Waals surface area (Å²) in [6.45, 7) is 1.89. The van der Waals surface area contributed by atoms with Gasteiger partial charge in [-0.1, -0.05) is 0 Å². The van der Waals surface area contributed by atoms with E-state index in [4.69, 9.17) is 9.47 Å². The Kier molecular flexibility index (Phi) is 7.68. The zero-order valence-electron chi connectivity index (χ0n) is 20.1. The molecule has 4 rings (SSSR count). The minimum atomic E-state index is -4.49. The summed E-state index contributed by atoms with van der Waals surface area (Å²) in [5.74, 6) is -0.117. The molecular formula is C24H33F3N4O4. The van der Waals surface area contributed by atoms with Gasteiger partial charge in [0, 0.05) is 70.8 Å². The van der Waals surface area contributed by atoms with E-state index in [-0.39, 0.29) is 37.2 Å². The Labute approximate surface area is 203 Å². The second kappa shape index (κ2) is 10.4. The Morgan fingerprint density at radius 1 is 1.43 bits per heavy atom. The van der Waals surface area contributed by atoms with E-state index in [0.717, 1.165) is 25.1 Å². The molecule has 2 aliphatic heterocycles.